The molecule has 2 heteroatoms. The van der Waals surface area contributed by atoms with Gasteiger partial charge in [0.2, 0.25) is 0 Å². The van der Waals surface area contributed by atoms with Crippen LogP contribution in [0.3, 0.4) is 0 Å². The molecule has 6 aromatic carbocycles. The number of aryl methyl sites for hydroxylation is 5. The summed E-state index contributed by atoms with van der Waals surface area (Å²) in [7, 11) is -1.35. The Morgan fingerprint density at radius 2 is 0.830 bits per heavy atom. The first-order valence-electron chi connectivity index (χ1n) is 17.0. The van der Waals surface area contributed by atoms with E-state index in [2.05, 4.69) is 161 Å². The van der Waals surface area contributed by atoms with Gasteiger partial charge in [0.15, 0.2) is 0 Å². The Balaban J connectivity index is 1.27. The molecule has 0 saturated heterocycles. The molecule has 0 N–H and O–H groups in total. The minimum atomic E-state index is -0.686. The first kappa shape index (κ1) is 30.5. The highest BCUT2D eigenvalue weighted by Crippen LogP contribution is 2.52. The average Bonchev–Trinajstić information content (AvgIpc) is 3.65. The van der Waals surface area contributed by atoms with E-state index < -0.39 is 15.8 Å². The van der Waals surface area contributed by atoms with Gasteiger partial charge >= 0.3 is 0 Å². The van der Waals surface area contributed by atoms with Gasteiger partial charge < -0.3 is 0 Å². The molecule has 8 rings (SSSR count). The van der Waals surface area contributed by atoms with E-state index in [4.69, 9.17) is 0 Å². The zero-order valence-electron chi connectivity index (χ0n) is 27.9. The van der Waals surface area contributed by atoms with Crippen LogP contribution in [0.5, 0.6) is 0 Å². The summed E-state index contributed by atoms with van der Waals surface area (Å²) < 4.78 is 0. The van der Waals surface area contributed by atoms with Crippen LogP contribution in [0.2, 0.25) is 0 Å². The van der Waals surface area contributed by atoms with E-state index in [1.54, 1.807) is 32.9 Å². The molecule has 47 heavy (non-hydrogen) atoms. The van der Waals surface area contributed by atoms with Gasteiger partial charge in [-0.3, -0.25) is 0 Å². The van der Waals surface area contributed by atoms with Crippen molar-refractivity contribution >= 4 is 47.7 Å². The minimum Gasteiger partial charge on any atom is -0.0613 e. The number of hydrogen-bond donors (Lipinski definition) is 0. The van der Waals surface area contributed by atoms with Crippen molar-refractivity contribution in [2.75, 3.05) is 0 Å². The van der Waals surface area contributed by atoms with E-state index in [-0.39, 0.29) is 5.41 Å². The highest BCUT2D eigenvalue weighted by molar-refractivity contribution is 7.80. The summed E-state index contributed by atoms with van der Waals surface area (Å²) in [5.41, 5.74) is 11.8. The van der Waals surface area contributed by atoms with Gasteiger partial charge in [-0.15, -0.1) is 0 Å². The van der Waals surface area contributed by atoms with E-state index in [1.807, 2.05) is 0 Å². The molecule has 6 aromatic rings. The summed E-state index contributed by atoms with van der Waals surface area (Å²) in [6, 6.07) is 51.9. The first-order valence-corrected chi connectivity index (χ1v) is 19.7. The topological polar surface area (TPSA) is 0 Å². The van der Waals surface area contributed by atoms with Gasteiger partial charge in [-0.05, 0) is 123 Å². The summed E-state index contributed by atoms with van der Waals surface area (Å²) in [6.45, 7) is 8.78. The van der Waals surface area contributed by atoms with Crippen molar-refractivity contribution in [2.45, 2.75) is 58.8 Å². The molecule has 0 aliphatic heterocycles. The van der Waals surface area contributed by atoms with Gasteiger partial charge in [-0.25, -0.2) is 0 Å². The Hall–Kier alpha value is -3.82. The lowest BCUT2D eigenvalue weighted by atomic mass is 9.79. The van der Waals surface area contributed by atoms with Gasteiger partial charge in [0.1, 0.15) is 0 Å². The molecule has 0 fully saturated rings. The molecule has 1 atom stereocenters. The van der Waals surface area contributed by atoms with Gasteiger partial charge in [0.25, 0.3) is 0 Å². The van der Waals surface area contributed by atoms with Crippen LogP contribution in [-0.4, -0.2) is 0 Å². The number of fused-ring (bicyclic) bond motifs is 3. The molecule has 0 saturated carbocycles. The highest BCUT2D eigenvalue weighted by Gasteiger charge is 2.46. The van der Waals surface area contributed by atoms with E-state index in [0.29, 0.717) is 0 Å². The lowest BCUT2D eigenvalue weighted by molar-refractivity contribution is 0.452. The second kappa shape index (κ2) is 12.3. The van der Waals surface area contributed by atoms with Crippen LogP contribution in [0.4, 0.5) is 0 Å². The predicted octanol–water partition coefficient (Wildman–Crippen LogP) is 8.42. The van der Waals surface area contributed by atoms with Crippen molar-refractivity contribution in [3.63, 3.8) is 0 Å². The number of benzene rings is 6. The lowest BCUT2D eigenvalue weighted by Crippen LogP contribution is -2.33. The molecule has 0 aromatic heterocycles. The maximum Gasteiger partial charge on any atom is 0.00465 e. The molecule has 0 heterocycles. The highest BCUT2D eigenvalue weighted by atomic mass is 31.1. The second-order valence-electron chi connectivity index (χ2n) is 13.9. The van der Waals surface area contributed by atoms with Crippen molar-refractivity contribution in [2.24, 2.45) is 0 Å². The Labute approximate surface area is 283 Å². The smallest absolute Gasteiger partial charge is 0.00465 e. The van der Waals surface area contributed by atoms with Crippen LogP contribution < -0.4 is 31.8 Å². The van der Waals surface area contributed by atoms with Crippen molar-refractivity contribution in [1.82, 2.24) is 0 Å². The van der Waals surface area contributed by atoms with Gasteiger partial charge in [0, 0.05) is 5.41 Å². The van der Waals surface area contributed by atoms with Crippen LogP contribution in [0.15, 0.2) is 133 Å². The molecule has 2 aliphatic carbocycles. The molecular formula is C45H42P2. The van der Waals surface area contributed by atoms with Crippen molar-refractivity contribution in [3.05, 3.63) is 178 Å². The largest absolute Gasteiger partial charge is 0.0613 e. The van der Waals surface area contributed by atoms with Gasteiger partial charge in [0.05, 0.1) is 0 Å². The fourth-order valence-corrected chi connectivity index (χ4v) is 13.1. The first-order chi connectivity index (χ1) is 22.9. The van der Waals surface area contributed by atoms with Crippen molar-refractivity contribution < 1.29 is 0 Å². The summed E-state index contributed by atoms with van der Waals surface area (Å²) >= 11 is 0. The summed E-state index contributed by atoms with van der Waals surface area (Å²) in [4.78, 5) is 0. The fourth-order valence-electron chi connectivity index (χ4n) is 8.04. The standard InChI is InChI=1S/C45H42P2/c1-31-11-19-37(20-12-31)46(38-21-13-32(2)14-22-38)42-9-6-8-36-29-45(30-41(36)42)28-27-35-7-5-10-43(44(35)45)47(39-23-15-33(3)16-24-39)40-25-17-34(4)18-26-40/h5-26H,27-30H2,1-4H3. The molecular weight excluding hydrogens is 602 g/mol. The maximum atomic E-state index is 2.48. The van der Waals surface area contributed by atoms with Gasteiger partial charge in [-0.2, -0.15) is 0 Å². The molecule has 0 bridgehead atoms. The average molecular weight is 645 g/mol. The molecule has 2 aliphatic rings. The summed E-state index contributed by atoms with van der Waals surface area (Å²) in [5.74, 6) is 0. The van der Waals surface area contributed by atoms with Crippen LogP contribution in [-0.2, 0) is 24.7 Å². The zero-order chi connectivity index (χ0) is 32.1. The van der Waals surface area contributed by atoms with E-state index in [1.165, 1.54) is 56.3 Å². The molecule has 0 radical (unpaired) electrons. The normalized spacial score (nSPS) is 16.6. The Bertz CT molecular complexity index is 1960. The van der Waals surface area contributed by atoms with Crippen LogP contribution in [0.25, 0.3) is 0 Å². The summed E-state index contributed by atoms with van der Waals surface area (Å²) in [6.07, 6.45) is 4.66. The molecule has 0 amide bonds. The van der Waals surface area contributed by atoms with Crippen LogP contribution in [0, 0.1) is 27.7 Å². The fraction of sp³-hybridized carbons (Fsp3) is 0.200. The van der Waals surface area contributed by atoms with E-state index in [0.717, 1.165) is 12.8 Å². The molecule has 1 unspecified atom stereocenters. The Morgan fingerprint density at radius 1 is 0.426 bits per heavy atom. The minimum absolute atomic E-state index is 0.141. The third-order valence-electron chi connectivity index (χ3n) is 10.5. The quantitative estimate of drug-likeness (QED) is 0.160. The Morgan fingerprint density at radius 3 is 1.30 bits per heavy atom. The van der Waals surface area contributed by atoms with Crippen molar-refractivity contribution in [3.8, 4) is 0 Å². The van der Waals surface area contributed by atoms with Gasteiger partial charge in [-0.1, -0.05) is 156 Å². The maximum absolute atomic E-state index is 2.48. The molecule has 0 nitrogen and oxygen atoms in total. The molecule has 1 spiro atoms. The number of rotatable bonds is 6. The lowest BCUT2D eigenvalue weighted by Gasteiger charge is -2.31. The predicted molar refractivity (Wildman–Crippen MR) is 207 cm³/mol. The van der Waals surface area contributed by atoms with Crippen LogP contribution >= 0.6 is 15.8 Å². The van der Waals surface area contributed by atoms with E-state index in [9.17, 15) is 0 Å². The van der Waals surface area contributed by atoms with Crippen LogP contribution in [0.1, 0.15) is 50.9 Å². The number of hydrogen-bond acceptors (Lipinski definition) is 0. The van der Waals surface area contributed by atoms with Crippen molar-refractivity contribution in [1.29, 1.82) is 0 Å². The van der Waals surface area contributed by atoms with E-state index >= 15 is 0 Å². The second-order valence-corrected chi connectivity index (χ2v) is 18.2. The third kappa shape index (κ3) is 5.61. The molecule has 232 valence electrons. The zero-order valence-corrected chi connectivity index (χ0v) is 29.7. The SMILES string of the molecule is Cc1ccc(P(c2ccc(C)cc2)c2cccc3c2CC2(CCc4cccc(P(c5ccc(C)cc5)c5ccc(C)cc5)c42)C3)cc1. The third-order valence-corrected chi connectivity index (χ3v) is 15.5. The monoisotopic (exact) mass is 644 g/mol. The summed E-state index contributed by atoms with van der Waals surface area (Å²) in [5, 5.41) is 8.90. The Kier molecular flexibility index (Phi) is 8.00.